The van der Waals surface area contributed by atoms with Crippen molar-refractivity contribution >= 4 is 52.1 Å². The van der Waals surface area contributed by atoms with Gasteiger partial charge in [0.15, 0.2) is 0 Å². The number of ether oxygens (including phenoxy) is 4. The van der Waals surface area contributed by atoms with Crippen molar-refractivity contribution in [1.82, 2.24) is 0 Å². The van der Waals surface area contributed by atoms with Gasteiger partial charge in [-0.2, -0.15) is 0 Å². The van der Waals surface area contributed by atoms with Crippen LogP contribution in [0.5, 0.6) is 17.2 Å². The number of fused-ring (bicyclic) bond motifs is 1. The SMILES string of the molecule is COc1ccc(CN2C(=S)[C@@H](CC(=O)O)O[C@H](c3cccc(OC)c3Cl)c3cc(Cl)ccc32)c(OC)c1. The Labute approximate surface area is 230 Å². The third-order valence-electron chi connectivity index (χ3n) is 6.08. The number of methoxy groups -OCH3 is 3. The Balaban J connectivity index is 1.90. The van der Waals surface area contributed by atoms with Gasteiger partial charge in [0.1, 0.15) is 34.4 Å². The monoisotopic (exact) mass is 561 g/mol. The second kappa shape index (κ2) is 11.6. The van der Waals surface area contributed by atoms with Crippen LogP contribution in [0.1, 0.15) is 29.2 Å². The van der Waals surface area contributed by atoms with Crippen LogP contribution in [0.15, 0.2) is 54.6 Å². The fourth-order valence-electron chi connectivity index (χ4n) is 4.31. The molecule has 0 saturated heterocycles. The third-order valence-corrected chi connectivity index (χ3v) is 7.21. The number of aliphatic carboxylic acids is 1. The molecular weight excluding hydrogens is 537 g/mol. The molecule has 0 bridgehead atoms. The lowest BCUT2D eigenvalue weighted by atomic mass is 9.98. The second-order valence-electron chi connectivity index (χ2n) is 8.27. The summed E-state index contributed by atoms with van der Waals surface area (Å²) in [5.41, 5.74) is 2.82. The normalized spacial score (nSPS) is 17.1. The van der Waals surface area contributed by atoms with Crippen LogP contribution in [0.3, 0.4) is 0 Å². The molecular formula is C27H25Cl2NO6S. The Kier molecular flexibility index (Phi) is 8.44. The molecule has 0 fully saturated rings. The van der Waals surface area contributed by atoms with Crippen LogP contribution in [-0.2, 0) is 16.1 Å². The van der Waals surface area contributed by atoms with Gasteiger partial charge in [-0.15, -0.1) is 0 Å². The van der Waals surface area contributed by atoms with Crippen LogP contribution < -0.4 is 19.1 Å². The van der Waals surface area contributed by atoms with Gasteiger partial charge < -0.3 is 29.0 Å². The zero-order valence-electron chi connectivity index (χ0n) is 20.4. The smallest absolute Gasteiger partial charge is 0.306 e. The van der Waals surface area contributed by atoms with Gasteiger partial charge in [0.05, 0.1) is 39.3 Å². The summed E-state index contributed by atoms with van der Waals surface area (Å²) in [6, 6.07) is 16.2. The first-order valence-electron chi connectivity index (χ1n) is 11.3. The lowest BCUT2D eigenvalue weighted by molar-refractivity contribution is -0.139. The summed E-state index contributed by atoms with van der Waals surface area (Å²) in [6.45, 7) is 0.290. The molecule has 3 aromatic rings. The molecule has 2 atom stereocenters. The lowest BCUT2D eigenvalue weighted by Gasteiger charge is -2.28. The van der Waals surface area contributed by atoms with E-state index in [1.54, 1.807) is 44.6 Å². The minimum Gasteiger partial charge on any atom is -0.497 e. The fourth-order valence-corrected chi connectivity index (χ4v) is 5.09. The predicted molar refractivity (Wildman–Crippen MR) is 147 cm³/mol. The highest BCUT2D eigenvalue weighted by Gasteiger charge is 2.37. The molecule has 3 aromatic carbocycles. The van der Waals surface area contributed by atoms with Crippen molar-refractivity contribution in [2.75, 3.05) is 26.2 Å². The summed E-state index contributed by atoms with van der Waals surface area (Å²) in [5, 5.41) is 10.5. The van der Waals surface area contributed by atoms with Crippen molar-refractivity contribution in [2.45, 2.75) is 25.2 Å². The fraction of sp³-hybridized carbons (Fsp3) is 0.259. The molecule has 0 radical (unpaired) electrons. The van der Waals surface area contributed by atoms with Crippen molar-refractivity contribution in [1.29, 1.82) is 0 Å². The Morgan fingerprint density at radius 3 is 2.43 bits per heavy atom. The molecule has 1 aliphatic heterocycles. The van der Waals surface area contributed by atoms with E-state index >= 15 is 0 Å². The molecule has 0 amide bonds. The zero-order valence-corrected chi connectivity index (χ0v) is 22.7. The number of carbonyl (C=O) groups is 1. The number of halogens is 2. The van der Waals surface area contributed by atoms with Crippen molar-refractivity contribution in [3.8, 4) is 17.2 Å². The van der Waals surface area contributed by atoms with Gasteiger partial charge in [0.25, 0.3) is 0 Å². The first-order valence-corrected chi connectivity index (χ1v) is 12.4. The molecule has 37 heavy (non-hydrogen) atoms. The summed E-state index contributed by atoms with van der Waals surface area (Å²) in [5.74, 6) is 0.664. The standard InChI is InChI=1S/C27H25Cl2NO6S/c1-33-17-9-7-15(22(12-17)35-3)14-30-20-10-8-16(28)11-19(20)26(36-23(27(30)37)13-24(31)32)18-5-4-6-21(34-2)25(18)29/h4-12,23,26H,13-14H2,1-3H3,(H,31,32)/t23-,26-/m1/s1. The summed E-state index contributed by atoms with van der Waals surface area (Å²) < 4.78 is 22.8. The highest BCUT2D eigenvalue weighted by atomic mass is 35.5. The Bertz CT molecular complexity index is 1330. The van der Waals surface area contributed by atoms with E-state index in [1.807, 2.05) is 29.2 Å². The number of thiocarbonyl (C=S) groups is 1. The molecule has 0 saturated carbocycles. The molecule has 1 heterocycles. The Morgan fingerprint density at radius 2 is 1.76 bits per heavy atom. The lowest BCUT2D eigenvalue weighted by Crippen LogP contribution is -2.38. The number of nitrogens with zero attached hydrogens (tertiary/aromatic N) is 1. The average Bonchev–Trinajstić information content (AvgIpc) is 2.99. The Hall–Kier alpha value is -3.04. The van der Waals surface area contributed by atoms with Crippen LogP contribution >= 0.6 is 35.4 Å². The van der Waals surface area contributed by atoms with E-state index in [1.165, 1.54) is 7.11 Å². The van der Waals surface area contributed by atoms with Crippen molar-refractivity contribution < 1.29 is 28.8 Å². The molecule has 0 aliphatic carbocycles. The van der Waals surface area contributed by atoms with E-state index in [0.717, 1.165) is 5.56 Å². The van der Waals surface area contributed by atoms with Crippen LogP contribution in [-0.4, -0.2) is 43.5 Å². The molecule has 1 aliphatic rings. The van der Waals surface area contributed by atoms with Crippen molar-refractivity contribution in [3.05, 3.63) is 81.3 Å². The van der Waals surface area contributed by atoms with Crippen LogP contribution in [0.25, 0.3) is 0 Å². The van der Waals surface area contributed by atoms with Crippen LogP contribution in [0.4, 0.5) is 5.69 Å². The number of hydrogen-bond acceptors (Lipinski definition) is 6. The second-order valence-corrected chi connectivity index (χ2v) is 9.50. The molecule has 0 unspecified atom stereocenters. The van der Waals surface area contributed by atoms with E-state index in [2.05, 4.69) is 0 Å². The molecule has 10 heteroatoms. The van der Waals surface area contributed by atoms with Gasteiger partial charge in [-0.25, -0.2) is 0 Å². The number of benzene rings is 3. The number of carboxylic acid groups (broad SMARTS) is 1. The van der Waals surface area contributed by atoms with Crippen molar-refractivity contribution in [2.24, 2.45) is 0 Å². The van der Waals surface area contributed by atoms with E-state index < -0.39 is 18.2 Å². The van der Waals surface area contributed by atoms with E-state index in [-0.39, 0.29) is 6.42 Å². The summed E-state index contributed by atoms with van der Waals surface area (Å²) in [6.07, 6.45) is -2.04. The molecule has 1 N–H and O–H groups in total. The minimum atomic E-state index is -1.05. The van der Waals surface area contributed by atoms with Crippen LogP contribution in [0.2, 0.25) is 10.0 Å². The van der Waals surface area contributed by atoms with Gasteiger partial charge >= 0.3 is 5.97 Å². The van der Waals surface area contributed by atoms with Gasteiger partial charge in [-0.05, 0) is 36.4 Å². The third kappa shape index (κ3) is 5.62. The number of hydrogen-bond donors (Lipinski definition) is 1. The molecule has 4 rings (SSSR count). The average molecular weight is 562 g/mol. The molecule has 194 valence electrons. The maximum absolute atomic E-state index is 11.8. The number of rotatable bonds is 8. The Morgan fingerprint density at radius 1 is 1.00 bits per heavy atom. The zero-order chi connectivity index (χ0) is 26.7. The summed E-state index contributed by atoms with van der Waals surface area (Å²) >= 11 is 19.0. The molecule has 7 nitrogen and oxygen atoms in total. The van der Waals surface area contributed by atoms with E-state index in [0.29, 0.717) is 55.6 Å². The highest BCUT2D eigenvalue weighted by molar-refractivity contribution is 7.80. The van der Waals surface area contributed by atoms with E-state index in [4.69, 9.17) is 54.4 Å². The molecule has 0 spiro atoms. The molecule has 0 aromatic heterocycles. The largest absolute Gasteiger partial charge is 0.497 e. The van der Waals surface area contributed by atoms with Gasteiger partial charge in [0, 0.05) is 33.5 Å². The van der Waals surface area contributed by atoms with Gasteiger partial charge in [-0.3, -0.25) is 4.79 Å². The first kappa shape index (κ1) is 27.0. The minimum absolute atomic E-state index is 0.290. The first-order chi connectivity index (χ1) is 17.8. The quantitative estimate of drug-likeness (QED) is 0.320. The summed E-state index contributed by atoms with van der Waals surface area (Å²) in [7, 11) is 4.68. The maximum Gasteiger partial charge on any atom is 0.306 e. The van der Waals surface area contributed by atoms with Crippen molar-refractivity contribution in [3.63, 3.8) is 0 Å². The number of anilines is 1. The van der Waals surface area contributed by atoms with Crippen LogP contribution in [0, 0.1) is 0 Å². The summed E-state index contributed by atoms with van der Waals surface area (Å²) in [4.78, 5) is 14.0. The maximum atomic E-state index is 11.8. The number of carboxylic acids is 1. The van der Waals surface area contributed by atoms with Gasteiger partial charge in [0.2, 0.25) is 0 Å². The van der Waals surface area contributed by atoms with E-state index in [9.17, 15) is 9.90 Å². The highest BCUT2D eigenvalue weighted by Crippen LogP contribution is 2.44. The topological polar surface area (TPSA) is 77.5 Å². The predicted octanol–water partition coefficient (Wildman–Crippen LogP) is 6.32. The van der Waals surface area contributed by atoms with Gasteiger partial charge in [-0.1, -0.05) is 47.6 Å².